The van der Waals surface area contributed by atoms with Crippen molar-refractivity contribution in [1.82, 2.24) is 0 Å². The summed E-state index contributed by atoms with van der Waals surface area (Å²) in [6.07, 6.45) is 0.972. The molecular formula is C12H14ClNO3. The van der Waals surface area contributed by atoms with Crippen molar-refractivity contribution in [3.05, 3.63) is 29.3 Å². The zero-order chi connectivity index (χ0) is 12.8. The molecule has 0 heterocycles. The van der Waals surface area contributed by atoms with Crippen molar-refractivity contribution in [2.75, 3.05) is 5.32 Å². The molecule has 2 N–H and O–H groups in total. The molecule has 0 saturated heterocycles. The van der Waals surface area contributed by atoms with E-state index < -0.39 is 17.8 Å². The summed E-state index contributed by atoms with van der Waals surface area (Å²) >= 11 is 5.70. The number of amides is 1. The minimum atomic E-state index is -1.10. The third-order valence-electron chi connectivity index (χ3n) is 2.30. The zero-order valence-corrected chi connectivity index (χ0v) is 10.2. The molecule has 1 rings (SSSR count). The summed E-state index contributed by atoms with van der Waals surface area (Å²) in [5.74, 6) is -2.60. The number of nitrogens with one attached hydrogen (secondary N) is 1. The Labute approximate surface area is 105 Å². The highest BCUT2D eigenvalue weighted by Crippen LogP contribution is 2.15. The molecule has 1 aromatic carbocycles. The third kappa shape index (κ3) is 4.07. The van der Waals surface area contributed by atoms with Crippen LogP contribution in [0, 0.1) is 5.92 Å². The molecule has 0 aliphatic rings. The van der Waals surface area contributed by atoms with Gasteiger partial charge in [0.25, 0.3) is 0 Å². The highest BCUT2D eigenvalue weighted by Gasteiger charge is 2.24. The van der Waals surface area contributed by atoms with E-state index in [1.54, 1.807) is 24.3 Å². The maximum atomic E-state index is 11.7. The lowest BCUT2D eigenvalue weighted by atomic mass is 10.0. The number of hydrogen-bond donors (Lipinski definition) is 2. The van der Waals surface area contributed by atoms with Gasteiger partial charge in [-0.3, -0.25) is 9.59 Å². The van der Waals surface area contributed by atoms with E-state index >= 15 is 0 Å². The predicted octanol–water partition coefficient (Wildman–Crippen LogP) is 2.78. The Balaban J connectivity index is 2.69. The van der Waals surface area contributed by atoms with Crippen molar-refractivity contribution in [2.45, 2.75) is 19.8 Å². The minimum Gasteiger partial charge on any atom is -0.481 e. The molecule has 0 fully saturated rings. The van der Waals surface area contributed by atoms with E-state index in [0.717, 1.165) is 0 Å². The van der Waals surface area contributed by atoms with Gasteiger partial charge < -0.3 is 10.4 Å². The van der Waals surface area contributed by atoms with E-state index in [4.69, 9.17) is 16.7 Å². The largest absolute Gasteiger partial charge is 0.481 e. The van der Waals surface area contributed by atoms with Crippen molar-refractivity contribution < 1.29 is 14.7 Å². The van der Waals surface area contributed by atoms with Crippen LogP contribution in [0.15, 0.2) is 24.3 Å². The van der Waals surface area contributed by atoms with Crippen LogP contribution in [0.1, 0.15) is 19.8 Å². The van der Waals surface area contributed by atoms with Crippen LogP contribution in [0.2, 0.25) is 5.02 Å². The highest BCUT2D eigenvalue weighted by atomic mass is 35.5. The van der Waals surface area contributed by atoms with Crippen molar-refractivity contribution in [3.8, 4) is 0 Å². The molecule has 5 heteroatoms. The average molecular weight is 256 g/mol. The number of aliphatic carboxylic acids is 1. The van der Waals surface area contributed by atoms with Crippen LogP contribution in [0.4, 0.5) is 5.69 Å². The molecule has 0 saturated carbocycles. The summed E-state index contributed by atoms with van der Waals surface area (Å²) in [6.45, 7) is 1.84. The summed E-state index contributed by atoms with van der Waals surface area (Å²) in [7, 11) is 0. The fraction of sp³-hybridized carbons (Fsp3) is 0.333. The summed E-state index contributed by atoms with van der Waals surface area (Å²) in [6, 6.07) is 6.52. The second-order valence-electron chi connectivity index (χ2n) is 3.68. The van der Waals surface area contributed by atoms with Gasteiger partial charge >= 0.3 is 5.97 Å². The van der Waals surface area contributed by atoms with Crippen LogP contribution in [-0.4, -0.2) is 17.0 Å². The summed E-state index contributed by atoms with van der Waals surface area (Å²) < 4.78 is 0. The molecule has 0 aromatic heterocycles. The first kappa shape index (κ1) is 13.5. The van der Waals surface area contributed by atoms with Crippen molar-refractivity contribution in [3.63, 3.8) is 0 Å². The maximum absolute atomic E-state index is 11.7. The van der Waals surface area contributed by atoms with Gasteiger partial charge in [0.05, 0.1) is 0 Å². The quantitative estimate of drug-likeness (QED) is 0.795. The Bertz CT molecular complexity index is 403. The Hall–Kier alpha value is -1.55. The molecule has 1 amide bonds. The highest BCUT2D eigenvalue weighted by molar-refractivity contribution is 6.30. The number of anilines is 1. The molecule has 1 atom stereocenters. The Kier molecular flexibility index (Phi) is 4.97. The van der Waals surface area contributed by atoms with Gasteiger partial charge in [0.15, 0.2) is 0 Å². The lowest BCUT2D eigenvalue weighted by Crippen LogP contribution is -2.29. The molecule has 0 radical (unpaired) electrons. The second-order valence-corrected chi connectivity index (χ2v) is 4.11. The van der Waals surface area contributed by atoms with Gasteiger partial charge in [0, 0.05) is 10.7 Å². The molecule has 17 heavy (non-hydrogen) atoms. The smallest absolute Gasteiger partial charge is 0.316 e. The zero-order valence-electron chi connectivity index (χ0n) is 9.44. The second kappa shape index (κ2) is 6.25. The molecule has 4 nitrogen and oxygen atoms in total. The number of hydrogen-bond acceptors (Lipinski definition) is 2. The summed E-state index contributed by atoms with van der Waals surface area (Å²) in [5.41, 5.74) is 0.543. The molecule has 92 valence electrons. The Morgan fingerprint density at radius 3 is 2.41 bits per heavy atom. The lowest BCUT2D eigenvalue weighted by Gasteiger charge is -2.11. The van der Waals surface area contributed by atoms with Gasteiger partial charge in [-0.05, 0) is 30.7 Å². The summed E-state index contributed by atoms with van der Waals surface area (Å²) in [5, 5.41) is 12.0. The van der Waals surface area contributed by atoms with E-state index in [2.05, 4.69) is 5.32 Å². The number of benzene rings is 1. The van der Waals surface area contributed by atoms with E-state index in [1.165, 1.54) is 0 Å². The van der Waals surface area contributed by atoms with Gasteiger partial charge in [-0.1, -0.05) is 24.9 Å². The van der Waals surface area contributed by atoms with Gasteiger partial charge in [0.2, 0.25) is 5.91 Å². The molecule has 0 spiro atoms. The number of rotatable bonds is 5. The van der Waals surface area contributed by atoms with E-state index in [-0.39, 0.29) is 0 Å². The Morgan fingerprint density at radius 1 is 1.35 bits per heavy atom. The van der Waals surface area contributed by atoms with Gasteiger partial charge in [-0.25, -0.2) is 0 Å². The van der Waals surface area contributed by atoms with Crippen LogP contribution in [0.25, 0.3) is 0 Å². The van der Waals surface area contributed by atoms with E-state index in [0.29, 0.717) is 23.6 Å². The minimum absolute atomic E-state index is 0.328. The molecule has 0 aliphatic heterocycles. The van der Waals surface area contributed by atoms with Gasteiger partial charge in [-0.15, -0.1) is 0 Å². The van der Waals surface area contributed by atoms with Crippen molar-refractivity contribution in [2.24, 2.45) is 5.92 Å². The van der Waals surface area contributed by atoms with Crippen LogP contribution in [-0.2, 0) is 9.59 Å². The van der Waals surface area contributed by atoms with Crippen LogP contribution in [0.5, 0.6) is 0 Å². The molecule has 0 aliphatic carbocycles. The molecular weight excluding hydrogens is 242 g/mol. The van der Waals surface area contributed by atoms with Gasteiger partial charge in [0.1, 0.15) is 5.92 Å². The summed E-state index contributed by atoms with van der Waals surface area (Å²) in [4.78, 5) is 22.6. The normalized spacial score (nSPS) is 11.9. The van der Waals surface area contributed by atoms with Crippen molar-refractivity contribution in [1.29, 1.82) is 0 Å². The first-order valence-corrected chi connectivity index (χ1v) is 5.71. The van der Waals surface area contributed by atoms with Crippen LogP contribution in [0.3, 0.4) is 0 Å². The van der Waals surface area contributed by atoms with Crippen LogP contribution < -0.4 is 5.32 Å². The topological polar surface area (TPSA) is 66.4 Å². The van der Waals surface area contributed by atoms with Crippen molar-refractivity contribution >= 4 is 29.2 Å². The van der Waals surface area contributed by atoms with E-state index in [9.17, 15) is 9.59 Å². The first-order valence-electron chi connectivity index (χ1n) is 5.33. The monoisotopic (exact) mass is 255 g/mol. The predicted molar refractivity (Wildman–Crippen MR) is 66.1 cm³/mol. The number of halogens is 1. The SMILES string of the molecule is CCCC(C(=O)O)C(=O)Nc1ccc(Cl)cc1. The van der Waals surface area contributed by atoms with E-state index in [1.807, 2.05) is 6.92 Å². The molecule has 0 bridgehead atoms. The standard InChI is InChI=1S/C12H14ClNO3/c1-2-3-10(12(16)17)11(15)14-9-6-4-8(13)5-7-9/h4-7,10H,2-3H2,1H3,(H,14,15)(H,16,17). The number of carboxylic acid groups (broad SMARTS) is 1. The number of carboxylic acids is 1. The number of carbonyl (C=O) groups is 2. The lowest BCUT2D eigenvalue weighted by molar-refractivity contribution is -0.145. The maximum Gasteiger partial charge on any atom is 0.316 e. The fourth-order valence-corrected chi connectivity index (χ4v) is 1.54. The third-order valence-corrected chi connectivity index (χ3v) is 2.56. The van der Waals surface area contributed by atoms with Gasteiger partial charge in [-0.2, -0.15) is 0 Å². The van der Waals surface area contributed by atoms with Crippen LogP contribution >= 0.6 is 11.6 Å². The number of carbonyl (C=O) groups excluding carboxylic acids is 1. The molecule has 1 aromatic rings. The first-order chi connectivity index (χ1) is 8.04. The Morgan fingerprint density at radius 2 is 1.94 bits per heavy atom. The fourth-order valence-electron chi connectivity index (χ4n) is 1.42. The molecule has 1 unspecified atom stereocenters. The average Bonchev–Trinajstić information content (AvgIpc) is 2.28.